The minimum absolute atomic E-state index is 0.618. The number of hydrogen-bond acceptors (Lipinski definition) is 2. The minimum Gasteiger partial charge on any atom is -0.385 e. The number of hydrogen-bond donors (Lipinski definition) is 1. The van der Waals surface area contributed by atoms with Gasteiger partial charge >= 0.3 is 0 Å². The highest BCUT2D eigenvalue weighted by atomic mass is 16.3. The fraction of sp³-hybridized carbons (Fsp3) is 0.615. The number of nitrogens with zero attached hydrogens (tertiary/aromatic N) is 1. The Kier molecular flexibility index (Phi) is 2.79. The molecule has 1 aromatic heterocycles. The molecule has 0 radical (unpaired) electrons. The molecular weight excluding hydrogens is 186 g/mol. The molecule has 1 fully saturated rings. The smallest absolute Gasteiger partial charge is 0.0911 e. The lowest BCUT2D eigenvalue weighted by molar-refractivity contribution is -0.0123. The lowest BCUT2D eigenvalue weighted by Crippen LogP contribution is -2.30. The quantitative estimate of drug-likeness (QED) is 0.764. The third kappa shape index (κ3) is 2.20. The minimum atomic E-state index is -0.618. The maximum atomic E-state index is 10.5. The van der Waals surface area contributed by atoms with Gasteiger partial charge in [0.25, 0.3) is 0 Å². The molecule has 2 rings (SSSR count). The highest BCUT2D eigenvalue weighted by Gasteiger charge is 2.33. The molecule has 0 saturated heterocycles. The lowest BCUT2D eigenvalue weighted by Gasteiger charge is -2.35. The Hall–Kier alpha value is -0.890. The van der Waals surface area contributed by atoms with Crippen molar-refractivity contribution in [3.8, 4) is 0 Å². The number of aryl methyl sites for hydroxylation is 1. The average molecular weight is 205 g/mol. The second-order valence-corrected chi connectivity index (χ2v) is 4.90. The van der Waals surface area contributed by atoms with Crippen molar-refractivity contribution in [1.29, 1.82) is 0 Å². The van der Waals surface area contributed by atoms with Crippen molar-refractivity contribution in [3.05, 3.63) is 29.6 Å². The zero-order valence-corrected chi connectivity index (χ0v) is 9.53. The highest BCUT2D eigenvalue weighted by molar-refractivity contribution is 5.21. The second kappa shape index (κ2) is 3.93. The van der Waals surface area contributed by atoms with E-state index in [1.165, 1.54) is 0 Å². The van der Waals surface area contributed by atoms with Crippen LogP contribution < -0.4 is 0 Å². The third-order valence-corrected chi connectivity index (χ3v) is 3.55. The fourth-order valence-corrected chi connectivity index (χ4v) is 2.27. The van der Waals surface area contributed by atoms with E-state index in [9.17, 15) is 5.11 Å². The van der Waals surface area contributed by atoms with Crippen LogP contribution in [0.15, 0.2) is 18.3 Å². The summed E-state index contributed by atoms with van der Waals surface area (Å²) in [5, 5.41) is 10.5. The summed E-state index contributed by atoms with van der Waals surface area (Å²) in [4.78, 5) is 4.26. The van der Waals surface area contributed by atoms with Gasteiger partial charge in [0.05, 0.1) is 5.60 Å². The van der Waals surface area contributed by atoms with Gasteiger partial charge in [0.15, 0.2) is 0 Å². The topological polar surface area (TPSA) is 33.1 Å². The number of aromatic nitrogens is 1. The lowest BCUT2D eigenvalue weighted by atomic mass is 9.76. The third-order valence-electron chi connectivity index (χ3n) is 3.55. The first kappa shape index (κ1) is 10.6. The molecule has 0 bridgehead atoms. The SMILES string of the molecule is Cc1ccc(C2(O)CCC(C)CC2)cn1. The van der Waals surface area contributed by atoms with Crippen molar-refractivity contribution in [3.63, 3.8) is 0 Å². The van der Waals surface area contributed by atoms with E-state index < -0.39 is 5.60 Å². The molecule has 1 N–H and O–H groups in total. The van der Waals surface area contributed by atoms with Gasteiger partial charge in [-0.15, -0.1) is 0 Å². The standard InChI is InChI=1S/C13H19NO/c1-10-5-7-13(15,8-6-10)12-4-3-11(2)14-9-12/h3-4,9-10,15H,5-8H2,1-2H3. The van der Waals surface area contributed by atoms with Crippen molar-refractivity contribution < 1.29 is 5.11 Å². The van der Waals surface area contributed by atoms with Crippen LogP contribution in [0.25, 0.3) is 0 Å². The summed E-state index contributed by atoms with van der Waals surface area (Å²) < 4.78 is 0. The molecule has 15 heavy (non-hydrogen) atoms. The van der Waals surface area contributed by atoms with Crippen molar-refractivity contribution >= 4 is 0 Å². The average Bonchev–Trinajstić information content (AvgIpc) is 2.24. The van der Waals surface area contributed by atoms with E-state index in [0.717, 1.165) is 42.9 Å². The van der Waals surface area contributed by atoms with Crippen LogP contribution in [0, 0.1) is 12.8 Å². The summed E-state index contributed by atoms with van der Waals surface area (Å²) in [6, 6.07) is 3.99. The zero-order chi connectivity index (χ0) is 10.9. The van der Waals surface area contributed by atoms with E-state index in [4.69, 9.17) is 0 Å². The van der Waals surface area contributed by atoms with E-state index in [1.54, 1.807) is 0 Å². The summed E-state index contributed by atoms with van der Waals surface area (Å²) in [5.74, 6) is 0.753. The van der Waals surface area contributed by atoms with Crippen LogP contribution in [-0.4, -0.2) is 10.1 Å². The van der Waals surface area contributed by atoms with Crippen LogP contribution in [-0.2, 0) is 5.60 Å². The molecule has 0 aromatic carbocycles. The molecule has 1 aliphatic rings. The van der Waals surface area contributed by atoms with Crippen molar-refractivity contribution in [2.24, 2.45) is 5.92 Å². The Morgan fingerprint density at radius 3 is 2.53 bits per heavy atom. The van der Waals surface area contributed by atoms with E-state index in [2.05, 4.69) is 11.9 Å². The van der Waals surface area contributed by atoms with Gasteiger partial charge in [-0.2, -0.15) is 0 Å². The molecule has 1 aliphatic carbocycles. The normalized spacial score (nSPS) is 31.5. The number of aliphatic hydroxyl groups is 1. The molecule has 1 aromatic rings. The molecule has 2 nitrogen and oxygen atoms in total. The predicted molar refractivity (Wildman–Crippen MR) is 60.5 cm³/mol. The van der Waals surface area contributed by atoms with Gasteiger partial charge in [0, 0.05) is 17.5 Å². The maximum Gasteiger partial charge on any atom is 0.0911 e. The second-order valence-electron chi connectivity index (χ2n) is 4.90. The van der Waals surface area contributed by atoms with Gasteiger partial charge in [-0.3, -0.25) is 4.98 Å². The van der Waals surface area contributed by atoms with Crippen molar-refractivity contribution in [1.82, 2.24) is 4.98 Å². The molecule has 1 heterocycles. The first-order valence-electron chi connectivity index (χ1n) is 5.76. The van der Waals surface area contributed by atoms with Gasteiger partial charge in [-0.1, -0.05) is 13.0 Å². The van der Waals surface area contributed by atoms with Gasteiger partial charge < -0.3 is 5.11 Å². The van der Waals surface area contributed by atoms with Gasteiger partial charge in [0.2, 0.25) is 0 Å². The summed E-state index contributed by atoms with van der Waals surface area (Å²) >= 11 is 0. The summed E-state index contributed by atoms with van der Waals surface area (Å²) in [5.41, 5.74) is 1.37. The van der Waals surface area contributed by atoms with Gasteiger partial charge in [-0.25, -0.2) is 0 Å². The van der Waals surface area contributed by atoms with Crippen molar-refractivity contribution in [2.45, 2.75) is 45.1 Å². The van der Waals surface area contributed by atoms with Crippen LogP contribution in [0.2, 0.25) is 0 Å². The van der Waals surface area contributed by atoms with Crippen LogP contribution in [0.3, 0.4) is 0 Å². The summed E-state index contributed by atoms with van der Waals surface area (Å²) in [6.07, 6.45) is 5.80. The van der Waals surface area contributed by atoms with Crippen LogP contribution in [0.5, 0.6) is 0 Å². The highest BCUT2D eigenvalue weighted by Crippen LogP contribution is 2.38. The first-order valence-corrected chi connectivity index (χ1v) is 5.76. The largest absolute Gasteiger partial charge is 0.385 e. The monoisotopic (exact) mass is 205 g/mol. The van der Waals surface area contributed by atoms with E-state index in [-0.39, 0.29) is 0 Å². The van der Waals surface area contributed by atoms with E-state index in [1.807, 2.05) is 25.3 Å². The Morgan fingerprint density at radius 2 is 2.00 bits per heavy atom. The predicted octanol–water partition coefficient (Wildman–Crippen LogP) is 2.79. The Morgan fingerprint density at radius 1 is 1.33 bits per heavy atom. The van der Waals surface area contributed by atoms with Crippen LogP contribution in [0.4, 0.5) is 0 Å². The molecule has 0 unspecified atom stereocenters. The fourth-order valence-electron chi connectivity index (χ4n) is 2.27. The van der Waals surface area contributed by atoms with Crippen LogP contribution >= 0.6 is 0 Å². The Bertz CT molecular complexity index is 323. The molecule has 82 valence electrons. The molecule has 0 atom stereocenters. The van der Waals surface area contributed by atoms with Crippen LogP contribution in [0.1, 0.15) is 43.9 Å². The van der Waals surface area contributed by atoms with Gasteiger partial charge in [0.1, 0.15) is 0 Å². The molecule has 0 spiro atoms. The van der Waals surface area contributed by atoms with E-state index >= 15 is 0 Å². The van der Waals surface area contributed by atoms with Gasteiger partial charge in [-0.05, 0) is 44.6 Å². The first-order chi connectivity index (χ1) is 7.10. The van der Waals surface area contributed by atoms with E-state index in [0.29, 0.717) is 0 Å². The summed E-state index contributed by atoms with van der Waals surface area (Å²) in [7, 11) is 0. The molecule has 1 saturated carbocycles. The molecule has 0 aliphatic heterocycles. The molecule has 2 heteroatoms. The maximum absolute atomic E-state index is 10.5. The zero-order valence-electron chi connectivity index (χ0n) is 9.53. The van der Waals surface area contributed by atoms with Crippen molar-refractivity contribution in [2.75, 3.05) is 0 Å². The Balaban J connectivity index is 2.18. The number of pyridine rings is 1. The Labute approximate surface area is 91.4 Å². The number of rotatable bonds is 1. The molecule has 0 amide bonds. The molecular formula is C13H19NO. The summed E-state index contributed by atoms with van der Waals surface area (Å²) in [6.45, 7) is 4.23.